The lowest BCUT2D eigenvalue weighted by Gasteiger charge is -2.24. The quantitative estimate of drug-likeness (QED) is 0.549. The van der Waals surface area contributed by atoms with E-state index < -0.39 is 30.1 Å². The molecule has 0 radical (unpaired) electrons. The van der Waals surface area contributed by atoms with Crippen LogP contribution in [0.1, 0.15) is 29.8 Å². The van der Waals surface area contributed by atoms with Gasteiger partial charge in [0, 0.05) is 25.3 Å². The summed E-state index contributed by atoms with van der Waals surface area (Å²) >= 11 is 2.88. The molecule has 0 aliphatic rings. The van der Waals surface area contributed by atoms with Crippen LogP contribution in [0, 0.1) is 0 Å². The number of thiazole rings is 1. The van der Waals surface area contributed by atoms with Gasteiger partial charge in [-0.1, -0.05) is 18.2 Å². The summed E-state index contributed by atoms with van der Waals surface area (Å²) in [5.41, 5.74) is 0.712. The molecule has 0 aliphatic carbocycles. The number of carbonyl (C=O) groups is 3. The number of nitrogens with one attached hydrogen (secondary N) is 1. The van der Waals surface area contributed by atoms with E-state index in [0.29, 0.717) is 23.5 Å². The van der Waals surface area contributed by atoms with Gasteiger partial charge in [-0.2, -0.15) is 0 Å². The van der Waals surface area contributed by atoms with Gasteiger partial charge in [0.25, 0.3) is 5.91 Å². The number of rotatable bonds is 8. The summed E-state index contributed by atoms with van der Waals surface area (Å²) in [5, 5.41) is 5.11. The second kappa shape index (κ2) is 9.62. The van der Waals surface area contributed by atoms with Crippen LogP contribution in [0.15, 0.2) is 41.8 Å². The summed E-state index contributed by atoms with van der Waals surface area (Å²) in [6.07, 6.45) is -1.81. The standard InChI is InChI=1S/C20H20N2O5S2/c1-12(23)26-17(19(25)21-10-9-14-6-5-11-28-14)18(27-13(2)24)20-22-15-7-3-4-8-16(15)29-20/h3-8,11,17-18H,9-10H2,1-2H3,(H,21,25)/t17-,18+/m1/s1. The molecule has 9 heteroatoms. The van der Waals surface area contributed by atoms with Gasteiger partial charge < -0.3 is 14.8 Å². The highest BCUT2D eigenvalue weighted by Crippen LogP contribution is 2.32. The van der Waals surface area contributed by atoms with E-state index in [1.165, 1.54) is 25.2 Å². The fourth-order valence-electron chi connectivity index (χ4n) is 2.73. The Morgan fingerprint density at radius 2 is 1.83 bits per heavy atom. The number of benzene rings is 1. The zero-order valence-corrected chi connectivity index (χ0v) is 17.5. The van der Waals surface area contributed by atoms with Gasteiger partial charge in [-0.3, -0.25) is 14.4 Å². The molecule has 0 unspecified atom stereocenters. The van der Waals surface area contributed by atoms with Crippen molar-refractivity contribution in [2.24, 2.45) is 0 Å². The zero-order valence-electron chi connectivity index (χ0n) is 15.9. The number of hydrogen-bond acceptors (Lipinski definition) is 8. The Kier molecular flexibility index (Phi) is 6.95. The molecule has 2 atom stereocenters. The molecule has 1 N–H and O–H groups in total. The minimum Gasteiger partial charge on any atom is -0.451 e. The van der Waals surface area contributed by atoms with E-state index in [-0.39, 0.29) is 0 Å². The van der Waals surface area contributed by atoms with Crippen LogP contribution >= 0.6 is 22.7 Å². The van der Waals surface area contributed by atoms with Crippen LogP contribution in [-0.2, 0) is 30.3 Å². The van der Waals surface area contributed by atoms with Gasteiger partial charge >= 0.3 is 11.9 Å². The zero-order chi connectivity index (χ0) is 20.8. The molecule has 0 saturated carbocycles. The summed E-state index contributed by atoms with van der Waals surface area (Å²) in [6.45, 7) is 2.80. The number of nitrogens with zero attached hydrogens (tertiary/aromatic N) is 1. The largest absolute Gasteiger partial charge is 0.451 e. The minimum absolute atomic E-state index is 0.365. The molecule has 0 fully saturated rings. The van der Waals surface area contributed by atoms with Crippen molar-refractivity contribution in [2.45, 2.75) is 32.5 Å². The molecule has 3 rings (SSSR count). The van der Waals surface area contributed by atoms with Gasteiger partial charge in [0.1, 0.15) is 5.01 Å². The third kappa shape index (κ3) is 5.61. The first-order valence-corrected chi connectivity index (χ1v) is 10.6. The SMILES string of the molecule is CC(=O)O[C@H](c1nc2ccccc2s1)[C@@H](OC(C)=O)C(=O)NCCc1cccs1. The van der Waals surface area contributed by atoms with Gasteiger partial charge in [-0.25, -0.2) is 4.98 Å². The average molecular weight is 433 g/mol. The Morgan fingerprint density at radius 3 is 2.48 bits per heavy atom. The number of amides is 1. The van der Waals surface area contributed by atoms with E-state index in [1.54, 1.807) is 11.3 Å². The van der Waals surface area contributed by atoms with Crippen molar-refractivity contribution in [3.05, 3.63) is 51.7 Å². The van der Waals surface area contributed by atoms with Crippen LogP contribution in [0.2, 0.25) is 0 Å². The minimum atomic E-state index is -1.33. The lowest BCUT2D eigenvalue weighted by Crippen LogP contribution is -2.43. The van der Waals surface area contributed by atoms with Crippen LogP contribution in [0.3, 0.4) is 0 Å². The van der Waals surface area contributed by atoms with Crippen molar-refractivity contribution in [1.29, 1.82) is 0 Å². The number of aromatic nitrogens is 1. The highest BCUT2D eigenvalue weighted by Gasteiger charge is 2.37. The maximum absolute atomic E-state index is 12.8. The maximum atomic E-state index is 12.8. The Labute approximate surface area is 175 Å². The third-order valence-electron chi connectivity index (χ3n) is 3.92. The van der Waals surface area contributed by atoms with Gasteiger partial charge in [-0.05, 0) is 30.0 Å². The Balaban J connectivity index is 1.83. The van der Waals surface area contributed by atoms with Crippen molar-refractivity contribution in [1.82, 2.24) is 10.3 Å². The van der Waals surface area contributed by atoms with Crippen molar-refractivity contribution in [2.75, 3.05) is 6.54 Å². The van der Waals surface area contributed by atoms with Crippen molar-refractivity contribution < 1.29 is 23.9 Å². The second-order valence-electron chi connectivity index (χ2n) is 6.20. The normalized spacial score (nSPS) is 12.9. The molecule has 1 aromatic carbocycles. The number of carbonyl (C=O) groups excluding carboxylic acids is 3. The molecule has 1 amide bonds. The molecule has 0 spiro atoms. The van der Waals surface area contributed by atoms with Crippen molar-refractivity contribution in [3.63, 3.8) is 0 Å². The number of para-hydroxylation sites is 1. The van der Waals surface area contributed by atoms with Crippen LogP contribution < -0.4 is 5.32 Å². The van der Waals surface area contributed by atoms with E-state index in [4.69, 9.17) is 9.47 Å². The first kappa shape index (κ1) is 20.9. The molecule has 7 nitrogen and oxygen atoms in total. The first-order valence-electron chi connectivity index (χ1n) is 8.94. The molecule has 3 aromatic rings. The average Bonchev–Trinajstić information content (AvgIpc) is 3.33. The van der Waals surface area contributed by atoms with Crippen LogP contribution in [0.4, 0.5) is 0 Å². The molecular formula is C20H20N2O5S2. The number of fused-ring (bicyclic) bond motifs is 1. The highest BCUT2D eigenvalue weighted by molar-refractivity contribution is 7.18. The first-order chi connectivity index (χ1) is 13.9. The van der Waals surface area contributed by atoms with Crippen LogP contribution in [0.5, 0.6) is 0 Å². The second-order valence-corrected chi connectivity index (χ2v) is 8.29. The van der Waals surface area contributed by atoms with E-state index in [0.717, 1.165) is 9.58 Å². The third-order valence-corrected chi connectivity index (χ3v) is 5.96. The molecule has 2 heterocycles. The Morgan fingerprint density at radius 1 is 1.07 bits per heavy atom. The topological polar surface area (TPSA) is 94.6 Å². The molecule has 2 aromatic heterocycles. The van der Waals surface area contributed by atoms with Crippen LogP contribution in [0.25, 0.3) is 10.2 Å². The number of thiophene rings is 1. The summed E-state index contributed by atoms with van der Waals surface area (Å²) < 4.78 is 11.5. The predicted octanol–water partition coefficient (Wildman–Crippen LogP) is 3.25. The van der Waals surface area contributed by atoms with Crippen LogP contribution in [-0.4, -0.2) is 35.5 Å². The highest BCUT2D eigenvalue weighted by atomic mass is 32.1. The van der Waals surface area contributed by atoms with Gasteiger partial charge in [0.05, 0.1) is 10.2 Å². The molecule has 29 heavy (non-hydrogen) atoms. The lowest BCUT2D eigenvalue weighted by molar-refractivity contribution is -0.171. The molecular weight excluding hydrogens is 412 g/mol. The van der Waals surface area contributed by atoms with E-state index >= 15 is 0 Å². The van der Waals surface area contributed by atoms with Gasteiger partial charge in [0.15, 0.2) is 6.10 Å². The summed E-state index contributed by atoms with van der Waals surface area (Å²) in [4.78, 5) is 41.8. The van der Waals surface area contributed by atoms with Crippen molar-refractivity contribution in [3.8, 4) is 0 Å². The fourth-order valence-corrected chi connectivity index (χ4v) is 4.46. The maximum Gasteiger partial charge on any atom is 0.303 e. The molecule has 152 valence electrons. The Bertz CT molecular complexity index is 966. The van der Waals surface area contributed by atoms with E-state index in [1.807, 2.05) is 41.8 Å². The number of hydrogen-bond donors (Lipinski definition) is 1. The predicted molar refractivity (Wildman–Crippen MR) is 111 cm³/mol. The fraction of sp³-hybridized carbons (Fsp3) is 0.300. The summed E-state index contributed by atoms with van der Waals surface area (Å²) in [6, 6.07) is 11.3. The van der Waals surface area contributed by atoms with E-state index in [2.05, 4.69) is 10.3 Å². The van der Waals surface area contributed by atoms with Gasteiger partial charge in [-0.15, -0.1) is 22.7 Å². The smallest absolute Gasteiger partial charge is 0.303 e. The molecule has 0 bridgehead atoms. The molecule has 0 aliphatic heterocycles. The monoisotopic (exact) mass is 432 g/mol. The Hall–Kier alpha value is -2.78. The van der Waals surface area contributed by atoms with Gasteiger partial charge in [0.2, 0.25) is 6.10 Å². The van der Waals surface area contributed by atoms with E-state index in [9.17, 15) is 14.4 Å². The number of ether oxygens (including phenoxy) is 2. The lowest BCUT2D eigenvalue weighted by atomic mass is 10.2. The summed E-state index contributed by atoms with van der Waals surface area (Å²) in [5.74, 6) is -1.79. The van der Waals surface area contributed by atoms with Crippen molar-refractivity contribution >= 4 is 50.7 Å². The number of esters is 2. The summed E-state index contributed by atoms with van der Waals surface area (Å²) in [7, 11) is 0. The molecule has 0 saturated heterocycles.